The first kappa shape index (κ1) is 20.9. The molecule has 1 N–H and O–H groups in total. The van der Waals surface area contributed by atoms with Gasteiger partial charge in [0.05, 0.1) is 0 Å². The van der Waals surface area contributed by atoms with Crippen LogP contribution in [0.4, 0.5) is 0 Å². The molecule has 0 spiro atoms. The lowest BCUT2D eigenvalue weighted by Crippen LogP contribution is -2.49. The highest BCUT2D eigenvalue weighted by atomic mass is 16.5. The third kappa shape index (κ3) is 3.85. The van der Waals surface area contributed by atoms with E-state index in [2.05, 4.69) is 37.6 Å². The Morgan fingerprint density at radius 1 is 1.27 bits per heavy atom. The molecule has 4 rings (SSSR count). The van der Waals surface area contributed by atoms with Gasteiger partial charge < -0.3 is 15.0 Å². The number of fused-ring (bicyclic) bond motifs is 1. The van der Waals surface area contributed by atoms with Crippen molar-refractivity contribution in [1.29, 1.82) is 0 Å². The number of benzene rings is 1. The van der Waals surface area contributed by atoms with Gasteiger partial charge in [-0.2, -0.15) is 0 Å². The number of carbonyl (C=O) groups excluding carboxylic acids is 2. The summed E-state index contributed by atoms with van der Waals surface area (Å²) >= 11 is 0. The minimum atomic E-state index is -0.428. The van der Waals surface area contributed by atoms with Gasteiger partial charge in [-0.3, -0.25) is 14.5 Å². The Balaban J connectivity index is 1.48. The van der Waals surface area contributed by atoms with Crippen LogP contribution in [-0.4, -0.2) is 52.4 Å². The van der Waals surface area contributed by atoms with Gasteiger partial charge in [0, 0.05) is 29.9 Å². The zero-order valence-electron chi connectivity index (χ0n) is 18.3. The number of ether oxygens (including phenoxy) is 1. The van der Waals surface area contributed by atoms with E-state index in [0.29, 0.717) is 37.0 Å². The van der Waals surface area contributed by atoms with Gasteiger partial charge in [-0.05, 0) is 76.3 Å². The number of amides is 2. The van der Waals surface area contributed by atoms with E-state index in [4.69, 9.17) is 4.74 Å². The highest BCUT2D eigenvalue weighted by Gasteiger charge is 2.39. The smallest absolute Gasteiger partial charge is 0.255 e. The lowest BCUT2D eigenvalue weighted by Gasteiger charge is -2.35. The quantitative estimate of drug-likeness (QED) is 0.779. The molecule has 162 valence electrons. The van der Waals surface area contributed by atoms with E-state index in [9.17, 15) is 9.59 Å². The summed E-state index contributed by atoms with van der Waals surface area (Å²) in [5.41, 5.74) is 2.35. The summed E-state index contributed by atoms with van der Waals surface area (Å²) in [7, 11) is 0. The number of piperidine rings is 1. The van der Waals surface area contributed by atoms with Crippen molar-refractivity contribution in [2.45, 2.75) is 83.6 Å². The minimum Gasteiger partial charge on any atom is -0.489 e. The predicted octanol–water partition coefficient (Wildman–Crippen LogP) is 3.46. The summed E-state index contributed by atoms with van der Waals surface area (Å²) < 4.78 is 6.43. The van der Waals surface area contributed by atoms with Crippen LogP contribution < -0.4 is 10.1 Å². The summed E-state index contributed by atoms with van der Waals surface area (Å²) in [4.78, 5) is 29.5. The van der Waals surface area contributed by atoms with Crippen LogP contribution in [0.1, 0.15) is 68.8 Å². The third-order valence-electron chi connectivity index (χ3n) is 6.77. The van der Waals surface area contributed by atoms with Gasteiger partial charge in [-0.1, -0.05) is 13.5 Å². The summed E-state index contributed by atoms with van der Waals surface area (Å²) in [5, 5.41) is 2.79. The average Bonchev–Trinajstić information content (AvgIpc) is 3.27. The van der Waals surface area contributed by atoms with Gasteiger partial charge in [0.25, 0.3) is 5.91 Å². The number of likely N-dealkylation sites (N-methyl/N-ethyl adjacent to an activating group) is 1. The number of nitrogens with zero attached hydrogens (tertiary/aromatic N) is 2. The molecule has 2 fully saturated rings. The Morgan fingerprint density at radius 3 is 2.77 bits per heavy atom. The third-order valence-corrected chi connectivity index (χ3v) is 6.77. The number of nitrogens with one attached hydrogen (secondary N) is 1. The molecular weight excluding hydrogens is 378 g/mol. The first-order chi connectivity index (χ1) is 14.4. The molecule has 0 radical (unpaired) electrons. The molecule has 1 saturated carbocycles. The summed E-state index contributed by atoms with van der Waals surface area (Å²) in [6.45, 7) is 12.0. The van der Waals surface area contributed by atoms with Gasteiger partial charge in [0.1, 0.15) is 17.9 Å². The lowest BCUT2D eigenvalue weighted by molar-refractivity contribution is -0.126. The average molecular weight is 412 g/mol. The lowest BCUT2D eigenvalue weighted by atomic mass is 10.0. The van der Waals surface area contributed by atoms with Crippen LogP contribution in [0.3, 0.4) is 0 Å². The first-order valence-corrected chi connectivity index (χ1v) is 11.2. The van der Waals surface area contributed by atoms with Crippen molar-refractivity contribution < 1.29 is 14.3 Å². The Bertz CT molecular complexity index is 850. The van der Waals surface area contributed by atoms with Crippen LogP contribution in [0, 0.1) is 0 Å². The molecule has 2 aliphatic heterocycles. The van der Waals surface area contributed by atoms with E-state index < -0.39 is 6.04 Å². The molecule has 6 heteroatoms. The van der Waals surface area contributed by atoms with Crippen molar-refractivity contribution in [2.75, 3.05) is 6.54 Å². The molecule has 1 aliphatic carbocycles. The van der Waals surface area contributed by atoms with Crippen LogP contribution in [0.15, 0.2) is 30.5 Å². The fourth-order valence-electron chi connectivity index (χ4n) is 5.28. The highest BCUT2D eigenvalue weighted by Crippen LogP contribution is 2.33. The fourth-order valence-corrected chi connectivity index (χ4v) is 5.28. The van der Waals surface area contributed by atoms with E-state index >= 15 is 0 Å². The largest absolute Gasteiger partial charge is 0.489 e. The number of allylic oxidation sites excluding steroid dienone is 1. The maximum absolute atomic E-state index is 12.9. The van der Waals surface area contributed by atoms with E-state index in [-0.39, 0.29) is 17.9 Å². The Hall–Kier alpha value is -2.34. The molecule has 0 bridgehead atoms. The van der Waals surface area contributed by atoms with Gasteiger partial charge in [-0.15, -0.1) is 0 Å². The second kappa shape index (κ2) is 8.42. The Morgan fingerprint density at radius 2 is 2.07 bits per heavy atom. The van der Waals surface area contributed by atoms with Crippen molar-refractivity contribution in [1.82, 2.24) is 15.1 Å². The maximum atomic E-state index is 12.9. The maximum Gasteiger partial charge on any atom is 0.255 e. The second-order valence-corrected chi connectivity index (χ2v) is 8.98. The van der Waals surface area contributed by atoms with Gasteiger partial charge in [0.2, 0.25) is 5.91 Å². The van der Waals surface area contributed by atoms with E-state index in [0.717, 1.165) is 36.4 Å². The summed E-state index contributed by atoms with van der Waals surface area (Å²) in [5.74, 6) is 0.618. The number of hydrogen-bond acceptors (Lipinski definition) is 4. The number of rotatable bonds is 6. The van der Waals surface area contributed by atoms with Crippen LogP contribution in [0.5, 0.6) is 5.75 Å². The molecule has 1 saturated heterocycles. The van der Waals surface area contributed by atoms with Crippen LogP contribution in [0.25, 0.3) is 0 Å². The Labute approximate surface area is 179 Å². The molecule has 30 heavy (non-hydrogen) atoms. The van der Waals surface area contributed by atoms with Crippen molar-refractivity contribution in [3.63, 3.8) is 0 Å². The summed E-state index contributed by atoms with van der Waals surface area (Å²) in [6, 6.07) is 6.26. The van der Waals surface area contributed by atoms with E-state index in [1.807, 2.05) is 18.2 Å². The van der Waals surface area contributed by atoms with Crippen LogP contribution in [-0.2, 0) is 11.3 Å². The molecule has 1 aromatic carbocycles. The molecular formula is C24H33N3O3. The molecule has 3 aliphatic rings. The zero-order chi connectivity index (χ0) is 21.4. The first-order valence-electron chi connectivity index (χ1n) is 11.2. The van der Waals surface area contributed by atoms with Crippen molar-refractivity contribution in [2.24, 2.45) is 0 Å². The molecule has 1 aromatic rings. The topological polar surface area (TPSA) is 61.9 Å². The van der Waals surface area contributed by atoms with Gasteiger partial charge in [-0.25, -0.2) is 0 Å². The standard InChI is InChI=1S/C24H33N3O3/c1-5-26(15(2)3)20-7-6-8-22(20)30-18-10-11-19-17(13-18)14-27(24(19)29)21-12-9-16(4)25-23(21)28/h10-11,13,15,20-22H,4-9,12,14H2,1-3H3,(H,25,28). The normalized spacial score (nSPS) is 26.5. The summed E-state index contributed by atoms with van der Waals surface area (Å²) in [6.07, 6.45) is 4.90. The fraction of sp³-hybridized carbons (Fsp3) is 0.583. The van der Waals surface area contributed by atoms with Crippen molar-refractivity contribution >= 4 is 11.8 Å². The van der Waals surface area contributed by atoms with Crippen molar-refractivity contribution in [3.8, 4) is 5.75 Å². The van der Waals surface area contributed by atoms with E-state index in [1.165, 1.54) is 6.42 Å². The molecule has 3 atom stereocenters. The monoisotopic (exact) mass is 411 g/mol. The molecule has 2 amide bonds. The number of carbonyl (C=O) groups is 2. The van der Waals surface area contributed by atoms with Gasteiger partial charge in [0.15, 0.2) is 0 Å². The van der Waals surface area contributed by atoms with E-state index in [1.54, 1.807) is 4.90 Å². The van der Waals surface area contributed by atoms with Crippen LogP contribution >= 0.6 is 0 Å². The molecule has 0 aromatic heterocycles. The SMILES string of the molecule is C=C1CCC(N2Cc3cc(OC4CCCC4N(CC)C(C)C)ccc3C2=O)C(=O)N1. The highest BCUT2D eigenvalue weighted by molar-refractivity contribution is 6.01. The second-order valence-electron chi connectivity index (χ2n) is 8.98. The molecule has 2 heterocycles. The predicted molar refractivity (Wildman–Crippen MR) is 116 cm³/mol. The zero-order valence-corrected chi connectivity index (χ0v) is 18.3. The minimum absolute atomic E-state index is 0.0695. The van der Waals surface area contributed by atoms with Gasteiger partial charge >= 0.3 is 0 Å². The number of hydrogen-bond donors (Lipinski definition) is 1. The van der Waals surface area contributed by atoms with Crippen LogP contribution in [0.2, 0.25) is 0 Å². The Kier molecular flexibility index (Phi) is 5.87. The molecule has 6 nitrogen and oxygen atoms in total. The van der Waals surface area contributed by atoms with Crippen molar-refractivity contribution in [3.05, 3.63) is 41.6 Å². The molecule has 3 unspecified atom stereocenters.